The molecule has 6 heteroatoms. The van der Waals surface area contributed by atoms with Gasteiger partial charge < -0.3 is 14.8 Å². The van der Waals surface area contributed by atoms with E-state index in [4.69, 9.17) is 9.47 Å². The van der Waals surface area contributed by atoms with Gasteiger partial charge in [-0.3, -0.25) is 9.69 Å². The van der Waals surface area contributed by atoms with Crippen molar-refractivity contribution in [2.24, 2.45) is 0 Å². The standard InChI is InChI=1S/C15H28N2O4/c1-17(10-7-11-20-2)12-13(18)16-15(14(19)21-3)8-5-4-6-9-15/h4-12H2,1-3H3,(H,16,18). The van der Waals surface area contributed by atoms with Gasteiger partial charge in [0.15, 0.2) is 0 Å². The normalized spacial score (nSPS) is 17.5. The maximum Gasteiger partial charge on any atom is 0.331 e. The SMILES string of the molecule is COCCCN(C)CC(=O)NC1(C(=O)OC)CCCCC1. The van der Waals surface area contributed by atoms with Crippen molar-refractivity contribution in [1.29, 1.82) is 0 Å². The molecule has 1 aliphatic carbocycles. The van der Waals surface area contributed by atoms with Crippen LogP contribution < -0.4 is 5.32 Å². The van der Waals surface area contributed by atoms with Crippen LogP contribution in [0, 0.1) is 0 Å². The summed E-state index contributed by atoms with van der Waals surface area (Å²) in [6.45, 7) is 1.74. The number of carbonyl (C=O) groups excluding carboxylic acids is 2. The number of esters is 1. The summed E-state index contributed by atoms with van der Waals surface area (Å²) in [5.74, 6) is -0.445. The summed E-state index contributed by atoms with van der Waals surface area (Å²) in [5.41, 5.74) is -0.822. The number of methoxy groups -OCH3 is 2. The van der Waals surface area contributed by atoms with Gasteiger partial charge in [-0.15, -0.1) is 0 Å². The third kappa shape index (κ3) is 5.63. The Morgan fingerprint density at radius 1 is 1.19 bits per heavy atom. The van der Waals surface area contributed by atoms with Crippen LogP contribution in [0.15, 0.2) is 0 Å². The second kappa shape index (κ2) is 9.00. The molecule has 1 rings (SSSR count). The highest BCUT2D eigenvalue weighted by Crippen LogP contribution is 2.29. The lowest BCUT2D eigenvalue weighted by molar-refractivity contribution is -0.152. The van der Waals surface area contributed by atoms with Crippen molar-refractivity contribution < 1.29 is 19.1 Å². The average molecular weight is 300 g/mol. The van der Waals surface area contributed by atoms with Crippen LogP contribution in [0.1, 0.15) is 38.5 Å². The first-order valence-corrected chi connectivity index (χ1v) is 7.61. The number of hydrogen-bond acceptors (Lipinski definition) is 5. The van der Waals surface area contributed by atoms with Crippen LogP contribution in [0.25, 0.3) is 0 Å². The minimum Gasteiger partial charge on any atom is -0.467 e. The number of amides is 1. The largest absolute Gasteiger partial charge is 0.467 e. The summed E-state index contributed by atoms with van der Waals surface area (Å²) < 4.78 is 9.89. The van der Waals surface area contributed by atoms with Gasteiger partial charge >= 0.3 is 5.97 Å². The minimum atomic E-state index is -0.822. The maximum absolute atomic E-state index is 12.2. The van der Waals surface area contributed by atoms with Crippen LogP contribution >= 0.6 is 0 Å². The third-order valence-electron chi connectivity index (χ3n) is 3.96. The molecule has 1 aliphatic rings. The molecule has 1 saturated carbocycles. The van der Waals surface area contributed by atoms with E-state index in [0.29, 0.717) is 19.4 Å². The van der Waals surface area contributed by atoms with Crippen molar-refractivity contribution in [2.75, 3.05) is 41.0 Å². The van der Waals surface area contributed by atoms with Gasteiger partial charge in [-0.1, -0.05) is 19.3 Å². The first kappa shape index (κ1) is 17.9. The van der Waals surface area contributed by atoms with Crippen molar-refractivity contribution in [3.05, 3.63) is 0 Å². The molecule has 0 saturated heterocycles. The van der Waals surface area contributed by atoms with Crippen molar-refractivity contribution in [1.82, 2.24) is 10.2 Å². The molecule has 1 amide bonds. The molecular weight excluding hydrogens is 272 g/mol. The first-order chi connectivity index (χ1) is 10.0. The van der Waals surface area contributed by atoms with E-state index in [2.05, 4.69) is 5.32 Å². The Morgan fingerprint density at radius 3 is 2.43 bits per heavy atom. The summed E-state index contributed by atoms with van der Waals surface area (Å²) in [4.78, 5) is 26.2. The van der Waals surface area contributed by atoms with E-state index >= 15 is 0 Å². The molecule has 0 aromatic rings. The number of nitrogens with one attached hydrogen (secondary N) is 1. The molecule has 21 heavy (non-hydrogen) atoms. The molecule has 1 N–H and O–H groups in total. The van der Waals surface area contributed by atoms with Crippen LogP contribution in [0.2, 0.25) is 0 Å². The fourth-order valence-electron chi connectivity index (χ4n) is 2.84. The second-order valence-corrected chi connectivity index (χ2v) is 5.77. The molecular formula is C15H28N2O4. The zero-order valence-electron chi connectivity index (χ0n) is 13.4. The van der Waals surface area contributed by atoms with Gasteiger partial charge in [-0.25, -0.2) is 4.79 Å². The molecule has 0 radical (unpaired) electrons. The zero-order chi connectivity index (χ0) is 15.7. The summed E-state index contributed by atoms with van der Waals surface area (Å²) >= 11 is 0. The maximum atomic E-state index is 12.2. The van der Waals surface area contributed by atoms with E-state index in [-0.39, 0.29) is 18.4 Å². The summed E-state index contributed by atoms with van der Waals surface area (Å²) in [6, 6.07) is 0. The fourth-order valence-corrected chi connectivity index (χ4v) is 2.84. The van der Waals surface area contributed by atoms with E-state index in [9.17, 15) is 9.59 Å². The Balaban J connectivity index is 2.50. The van der Waals surface area contributed by atoms with Gasteiger partial charge in [0.25, 0.3) is 0 Å². The number of ether oxygens (including phenoxy) is 2. The molecule has 0 unspecified atom stereocenters. The molecule has 0 heterocycles. The van der Waals surface area contributed by atoms with Crippen molar-refractivity contribution in [2.45, 2.75) is 44.1 Å². The Morgan fingerprint density at radius 2 is 1.86 bits per heavy atom. The molecule has 6 nitrogen and oxygen atoms in total. The highest BCUT2D eigenvalue weighted by molar-refractivity contribution is 5.88. The van der Waals surface area contributed by atoms with Gasteiger partial charge in [0.1, 0.15) is 5.54 Å². The number of rotatable bonds is 8. The minimum absolute atomic E-state index is 0.123. The predicted octanol–water partition coefficient (Wildman–Crippen LogP) is 0.947. The summed E-state index contributed by atoms with van der Waals surface area (Å²) in [7, 11) is 4.93. The van der Waals surface area contributed by atoms with Gasteiger partial charge in [0.05, 0.1) is 13.7 Å². The lowest BCUT2D eigenvalue weighted by Gasteiger charge is -2.35. The van der Waals surface area contributed by atoms with E-state index in [1.54, 1.807) is 7.11 Å². The summed E-state index contributed by atoms with van der Waals surface area (Å²) in [6.07, 6.45) is 5.20. The predicted molar refractivity (Wildman–Crippen MR) is 80.0 cm³/mol. The van der Waals surface area contributed by atoms with E-state index in [1.165, 1.54) is 7.11 Å². The average Bonchev–Trinajstić information content (AvgIpc) is 2.47. The van der Waals surface area contributed by atoms with Gasteiger partial charge in [0, 0.05) is 20.3 Å². The van der Waals surface area contributed by atoms with Crippen molar-refractivity contribution in [3.8, 4) is 0 Å². The van der Waals surface area contributed by atoms with Gasteiger partial charge in [0.2, 0.25) is 5.91 Å². The van der Waals surface area contributed by atoms with E-state index < -0.39 is 5.54 Å². The number of likely N-dealkylation sites (N-methyl/N-ethyl adjacent to an activating group) is 1. The Hall–Kier alpha value is -1.14. The Labute approximate surface area is 127 Å². The molecule has 0 aromatic carbocycles. The number of hydrogen-bond donors (Lipinski definition) is 1. The van der Waals surface area contributed by atoms with Gasteiger partial charge in [-0.2, -0.15) is 0 Å². The number of nitrogens with zero attached hydrogens (tertiary/aromatic N) is 1. The van der Waals surface area contributed by atoms with Crippen LogP contribution in [-0.4, -0.2) is 63.3 Å². The van der Waals surface area contributed by atoms with E-state index in [0.717, 1.165) is 32.2 Å². The molecule has 0 aromatic heterocycles. The molecule has 0 spiro atoms. The van der Waals surface area contributed by atoms with Crippen LogP contribution in [0.3, 0.4) is 0 Å². The first-order valence-electron chi connectivity index (χ1n) is 7.61. The molecule has 0 aliphatic heterocycles. The molecule has 122 valence electrons. The Kier molecular flexibility index (Phi) is 7.67. The van der Waals surface area contributed by atoms with Crippen molar-refractivity contribution >= 4 is 11.9 Å². The highest BCUT2D eigenvalue weighted by Gasteiger charge is 2.41. The smallest absolute Gasteiger partial charge is 0.331 e. The molecule has 0 atom stereocenters. The topological polar surface area (TPSA) is 67.9 Å². The lowest BCUT2D eigenvalue weighted by Crippen LogP contribution is -2.57. The number of carbonyl (C=O) groups is 2. The zero-order valence-corrected chi connectivity index (χ0v) is 13.4. The monoisotopic (exact) mass is 300 g/mol. The lowest BCUT2D eigenvalue weighted by atomic mass is 9.81. The molecule has 0 bridgehead atoms. The van der Waals surface area contributed by atoms with Crippen LogP contribution in [0.4, 0.5) is 0 Å². The van der Waals surface area contributed by atoms with Crippen LogP contribution in [-0.2, 0) is 19.1 Å². The van der Waals surface area contributed by atoms with Crippen molar-refractivity contribution in [3.63, 3.8) is 0 Å². The Bertz CT molecular complexity index is 341. The highest BCUT2D eigenvalue weighted by atomic mass is 16.5. The van der Waals surface area contributed by atoms with E-state index in [1.807, 2.05) is 11.9 Å². The summed E-state index contributed by atoms with van der Waals surface area (Å²) in [5, 5.41) is 2.92. The van der Waals surface area contributed by atoms with Crippen LogP contribution in [0.5, 0.6) is 0 Å². The van der Waals surface area contributed by atoms with Gasteiger partial charge in [-0.05, 0) is 26.3 Å². The molecule has 1 fully saturated rings. The third-order valence-corrected chi connectivity index (χ3v) is 3.96. The fraction of sp³-hybridized carbons (Fsp3) is 0.867. The quantitative estimate of drug-likeness (QED) is 0.534. The second-order valence-electron chi connectivity index (χ2n) is 5.77.